The van der Waals surface area contributed by atoms with Crippen molar-refractivity contribution >= 4 is 5.97 Å². The smallest absolute Gasteiger partial charge is 0.311 e. The van der Waals surface area contributed by atoms with E-state index < -0.39 is 5.97 Å². The lowest BCUT2D eigenvalue weighted by molar-refractivity contribution is -0.134. The van der Waals surface area contributed by atoms with Gasteiger partial charge in [-0.25, -0.2) is 0 Å². The summed E-state index contributed by atoms with van der Waals surface area (Å²) in [5, 5.41) is 18.7. The molecule has 2 N–H and O–H groups in total. The molecule has 0 bridgehead atoms. The summed E-state index contributed by atoms with van der Waals surface area (Å²) < 4.78 is 5.09. The van der Waals surface area contributed by atoms with Crippen LogP contribution >= 0.6 is 0 Å². The van der Waals surface area contributed by atoms with Crippen LogP contribution in [0, 0.1) is 0 Å². The summed E-state index contributed by atoms with van der Waals surface area (Å²) in [5.74, 6) is -0.570. The third kappa shape index (κ3) is 15.6. The normalized spacial score (nSPS) is 12.5. The molecule has 1 aromatic carbocycles. The Hall–Kier alpha value is -3.27. The van der Waals surface area contributed by atoms with E-state index in [1.165, 1.54) is 18.2 Å². The molecule has 0 aromatic heterocycles. The topological polar surface area (TPSA) is 66.8 Å². The number of rotatable bonds is 15. The minimum absolute atomic E-state index is 0.135. The maximum absolute atomic E-state index is 11.8. The predicted molar refractivity (Wildman–Crippen MR) is 133 cm³/mol. The fraction of sp³-hybridized carbons (Fsp3) is 0.321. The van der Waals surface area contributed by atoms with Crippen molar-refractivity contribution in [1.29, 1.82) is 0 Å². The molecule has 0 saturated carbocycles. The van der Waals surface area contributed by atoms with E-state index in [2.05, 4.69) is 67.7 Å². The van der Waals surface area contributed by atoms with E-state index in [-0.39, 0.29) is 23.7 Å². The standard InChI is InChI=1S/C28H36O4/c1-2-3-4-5-6-7-8-9-10-11-12-13-14-15-16-17-18-19-20-21-28(31)32-27-23-25(29)22-26(30)24-27/h3-4,6-7,9-10,12-13,15-16,18-19,22-24,29-30H,2,5,8,11,14,17,20-21H2,1H3/b4-3-,7-6-,10-9-,13-12-,16-15-,19-18-. The maximum Gasteiger partial charge on any atom is 0.311 e. The number of allylic oxidation sites excluding steroid dienone is 12. The number of ether oxygens (including phenoxy) is 1. The van der Waals surface area contributed by atoms with Gasteiger partial charge in [0.15, 0.2) is 0 Å². The molecule has 0 fully saturated rings. The zero-order valence-electron chi connectivity index (χ0n) is 19.0. The van der Waals surface area contributed by atoms with E-state index in [0.717, 1.165) is 38.5 Å². The summed E-state index contributed by atoms with van der Waals surface area (Å²) in [6.45, 7) is 2.14. The Bertz CT molecular complexity index is 806. The van der Waals surface area contributed by atoms with E-state index in [0.29, 0.717) is 6.42 Å². The molecular weight excluding hydrogens is 400 g/mol. The number of hydrogen-bond acceptors (Lipinski definition) is 4. The second kappa shape index (κ2) is 18.5. The summed E-state index contributed by atoms with van der Waals surface area (Å²) in [6.07, 6.45) is 32.2. The predicted octanol–water partition coefficient (Wildman–Crippen LogP) is 7.48. The summed E-state index contributed by atoms with van der Waals surface area (Å²) >= 11 is 0. The average molecular weight is 437 g/mol. The van der Waals surface area contributed by atoms with Crippen LogP contribution in [0.15, 0.2) is 91.1 Å². The second-order valence-electron chi connectivity index (χ2n) is 7.11. The van der Waals surface area contributed by atoms with Gasteiger partial charge in [0.25, 0.3) is 0 Å². The zero-order valence-corrected chi connectivity index (χ0v) is 19.0. The van der Waals surface area contributed by atoms with Crippen LogP contribution in [0.4, 0.5) is 0 Å². The van der Waals surface area contributed by atoms with Crippen LogP contribution in [0.3, 0.4) is 0 Å². The molecule has 0 aliphatic rings. The van der Waals surface area contributed by atoms with Crippen molar-refractivity contribution in [2.45, 2.75) is 58.3 Å². The molecule has 1 rings (SSSR count). The van der Waals surface area contributed by atoms with Crippen molar-refractivity contribution in [3.05, 3.63) is 91.1 Å². The van der Waals surface area contributed by atoms with E-state index in [4.69, 9.17) is 4.74 Å². The summed E-state index contributed by atoms with van der Waals surface area (Å²) in [5.41, 5.74) is 0. The highest BCUT2D eigenvalue weighted by atomic mass is 16.5. The highest BCUT2D eigenvalue weighted by molar-refractivity contribution is 5.72. The minimum Gasteiger partial charge on any atom is -0.508 e. The number of esters is 1. The Morgan fingerprint density at radius 3 is 1.53 bits per heavy atom. The quantitative estimate of drug-likeness (QED) is 0.170. The Morgan fingerprint density at radius 1 is 0.688 bits per heavy atom. The van der Waals surface area contributed by atoms with Gasteiger partial charge in [0.1, 0.15) is 17.2 Å². The van der Waals surface area contributed by atoms with Gasteiger partial charge in [0.05, 0.1) is 0 Å². The fourth-order valence-corrected chi connectivity index (χ4v) is 2.65. The SMILES string of the molecule is CC/C=C\C/C=C\C/C=C\C/C=C\C/C=C\C/C=C\CCC(=O)Oc1cc(O)cc(O)c1. The van der Waals surface area contributed by atoms with Crippen molar-refractivity contribution < 1.29 is 19.7 Å². The van der Waals surface area contributed by atoms with Gasteiger partial charge in [-0.15, -0.1) is 0 Å². The maximum atomic E-state index is 11.8. The van der Waals surface area contributed by atoms with Crippen LogP contribution < -0.4 is 4.74 Å². The minimum atomic E-state index is -0.408. The Morgan fingerprint density at radius 2 is 1.09 bits per heavy atom. The number of carbonyl (C=O) groups is 1. The van der Waals surface area contributed by atoms with Gasteiger partial charge in [-0.3, -0.25) is 4.79 Å². The first-order valence-corrected chi connectivity index (χ1v) is 11.3. The van der Waals surface area contributed by atoms with E-state index in [1.54, 1.807) is 0 Å². The summed E-state index contributed by atoms with van der Waals surface area (Å²) in [6, 6.07) is 3.75. The highest BCUT2D eigenvalue weighted by Gasteiger charge is 2.06. The molecule has 0 spiro atoms. The van der Waals surface area contributed by atoms with E-state index >= 15 is 0 Å². The van der Waals surface area contributed by atoms with Crippen molar-refractivity contribution in [2.75, 3.05) is 0 Å². The number of phenols is 2. The van der Waals surface area contributed by atoms with Crippen LogP contribution in [0.5, 0.6) is 17.2 Å². The van der Waals surface area contributed by atoms with Gasteiger partial charge < -0.3 is 14.9 Å². The molecular formula is C28H36O4. The first-order chi connectivity index (χ1) is 15.6. The molecule has 0 atom stereocenters. The molecule has 172 valence electrons. The number of aromatic hydroxyl groups is 2. The molecule has 0 heterocycles. The molecule has 4 nitrogen and oxygen atoms in total. The lowest BCUT2D eigenvalue weighted by Gasteiger charge is -2.04. The van der Waals surface area contributed by atoms with Crippen molar-refractivity contribution in [3.63, 3.8) is 0 Å². The second-order valence-corrected chi connectivity index (χ2v) is 7.11. The lowest BCUT2D eigenvalue weighted by Crippen LogP contribution is -2.06. The fourth-order valence-electron chi connectivity index (χ4n) is 2.65. The van der Waals surface area contributed by atoms with Crippen LogP contribution in [0.1, 0.15) is 58.3 Å². The Balaban J connectivity index is 2.05. The van der Waals surface area contributed by atoms with Crippen LogP contribution in [0.25, 0.3) is 0 Å². The molecule has 0 radical (unpaired) electrons. The average Bonchev–Trinajstić information content (AvgIpc) is 2.74. The number of carbonyl (C=O) groups excluding carboxylic acids is 1. The van der Waals surface area contributed by atoms with Gasteiger partial charge >= 0.3 is 5.97 Å². The molecule has 0 aliphatic carbocycles. The van der Waals surface area contributed by atoms with Crippen LogP contribution in [-0.4, -0.2) is 16.2 Å². The third-order valence-corrected chi connectivity index (χ3v) is 4.22. The van der Waals surface area contributed by atoms with E-state index in [9.17, 15) is 15.0 Å². The largest absolute Gasteiger partial charge is 0.508 e. The monoisotopic (exact) mass is 436 g/mol. The lowest BCUT2D eigenvalue weighted by atomic mass is 10.2. The van der Waals surface area contributed by atoms with Gasteiger partial charge in [-0.05, 0) is 44.9 Å². The van der Waals surface area contributed by atoms with Crippen LogP contribution in [-0.2, 0) is 4.79 Å². The Kier molecular flexibility index (Phi) is 15.5. The van der Waals surface area contributed by atoms with Gasteiger partial charge in [-0.1, -0.05) is 79.8 Å². The first kappa shape index (κ1) is 26.8. The first-order valence-electron chi connectivity index (χ1n) is 11.3. The molecule has 0 amide bonds. The number of hydrogen-bond donors (Lipinski definition) is 2. The Labute approximate surface area is 192 Å². The molecule has 0 saturated heterocycles. The molecule has 1 aromatic rings. The summed E-state index contributed by atoms with van der Waals surface area (Å²) in [7, 11) is 0. The molecule has 0 unspecified atom stereocenters. The van der Waals surface area contributed by atoms with Gasteiger partial charge in [0, 0.05) is 24.6 Å². The highest BCUT2D eigenvalue weighted by Crippen LogP contribution is 2.26. The third-order valence-electron chi connectivity index (χ3n) is 4.22. The summed E-state index contributed by atoms with van der Waals surface area (Å²) in [4.78, 5) is 11.8. The van der Waals surface area contributed by atoms with Crippen molar-refractivity contribution in [1.82, 2.24) is 0 Å². The van der Waals surface area contributed by atoms with Crippen molar-refractivity contribution in [3.8, 4) is 17.2 Å². The van der Waals surface area contributed by atoms with Gasteiger partial charge in [-0.2, -0.15) is 0 Å². The molecule has 0 aliphatic heterocycles. The van der Waals surface area contributed by atoms with E-state index in [1.807, 2.05) is 12.2 Å². The number of phenolic OH excluding ortho intramolecular Hbond substituents is 2. The molecule has 32 heavy (non-hydrogen) atoms. The zero-order chi connectivity index (χ0) is 23.3. The van der Waals surface area contributed by atoms with Crippen LogP contribution in [0.2, 0.25) is 0 Å². The number of benzene rings is 1. The van der Waals surface area contributed by atoms with Crippen molar-refractivity contribution in [2.24, 2.45) is 0 Å². The molecule has 4 heteroatoms. The van der Waals surface area contributed by atoms with Gasteiger partial charge in [0.2, 0.25) is 0 Å².